The van der Waals surface area contributed by atoms with E-state index in [0.717, 1.165) is 42.1 Å². The van der Waals surface area contributed by atoms with Crippen LogP contribution in [0.25, 0.3) is 0 Å². The van der Waals surface area contributed by atoms with Crippen molar-refractivity contribution < 1.29 is 13.2 Å². The maximum absolute atomic E-state index is 13.1. The highest BCUT2D eigenvalue weighted by molar-refractivity contribution is 8.41. The number of sulfone groups is 1. The van der Waals surface area contributed by atoms with E-state index in [1.807, 2.05) is 6.92 Å². The molecule has 25 heavy (non-hydrogen) atoms. The Morgan fingerprint density at radius 3 is 2.48 bits per heavy atom. The van der Waals surface area contributed by atoms with Crippen LogP contribution in [0.1, 0.15) is 40.0 Å². The van der Waals surface area contributed by atoms with E-state index in [2.05, 4.69) is 18.8 Å². The summed E-state index contributed by atoms with van der Waals surface area (Å²) in [6.45, 7) is 6.12. The van der Waals surface area contributed by atoms with Crippen LogP contribution in [-0.2, 0) is 9.84 Å². The Morgan fingerprint density at radius 1 is 1.32 bits per heavy atom. The lowest BCUT2D eigenvalue weighted by atomic mass is 9.81. The minimum absolute atomic E-state index is 0.103. The van der Waals surface area contributed by atoms with Crippen LogP contribution in [0.3, 0.4) is 0 Å². The average molecular weight is 400 g/mol. The van der Waals surface area contributed by atoms with E-state index in [-0.39, 0.29) is 20.8 Å². The van der Waals surface area contributed by atoms with Crippen LogP contribution in [0.4, 0.5) is 4.79 Å². The number of carbonyl (C=O) groups is 1. The van der Waals surface area contributed by atoms with Gasteiger partial charge in [-0.1, -0.05) is 55.6 Å². The van der Waals surface area contributed by atoms with E-state index in [1.54, 1.807) is 36.6 Å². The lowest BCUT2D eigenvalue weighted by molar-refractivity contribution is 0.270. The molecular formula is C18H25NO3S3. The molecule has 0 spiro atoms. The molecule has 0 fully saturated rings. The van der Waals surface area contributed by atoms with Crippen molar-refractivity contribution in [2.75, 3.05) is 6.26 Å². The van der Waals surface area contributed by atoms with E-state index in [4.69, 9.17) is 0 Å². The van der Waals surface area contributed by atoms with Gasteiger partial charge < -0.3 is 0 Å². The maximum Gasteiger partial charge on any atom is 0.247 e. The molecule has 1 aliphatic rings. The number of nitrogens with zero attached hydrogens (tertiary/aromatic N) is 1. The van der Waals surface area contributed by atoms with Gasteiger partial charge in [-0.25, -0.2) is 8.42 Å². The van der Waals surface area contributed by atoms with E-state index in [0.29, 0.717) is 6.42 Å². The lowest BCUT2D eigenvalue weighted by Gasteiger charge is -2.32. The van der Waals surface area contributed by atoms with Gasteiger partial charge in [-0.15, -0.1) is 0 Å². The third-order valence-corrected chi connectivity index (χ3v) is 9.14. The van der Waals surface area contributed by atoms with Gasteiger partial charge in [0.25, 0.3) is 0 Å². The first-order valence-electron chi connectivity index (χ1n) is 8.23. The fourth-order valence-corrected chi connectivity index (χ4v) is 7.24. The summed E-state index contributed by atoms with van der Waals surface area (Å²) >= 11 is 1.98. The Morgan fingerprint density at radius 2 is 1.96 bits per heavy atom. The number of hydrogen-bond donors (Lipinski definition) is 0. The molecule has 4 nitrogen and oxygen atoms in total. The molecule has 2 atom stereocenters. The van der Waals surface area contributed by atoms with Crippen LogP contribution in [0.2, 0.25) is 0 Å². The zero-order chi connectivity index (χ0) is 18.7. The highest BCUT2D eigenvalue weighted by Gasteiger charge is 2.40. The SMILES string of the molecule is CSC(=O)SC(CC(C)(C)C1CCC(C)=N1)S(=O)(=O)c1ccccc1. The molecule has 1 aromatic rings. The maximum atomic E-state index is 13.1. The summed E-state index contributed by atoms with van der Waals surface area (Å²) in [5.41, 5.74) is 0.823. The molecular weight excluding hydrogens is 374 g/mol. The normalized spacial score (nSPS) is 19.5. The summed E-state index contributed by atoms with van der Waals surface area (Å²) in [7, 11) is -3.60. The summed E-state index contributed by atoms with van der Waals surface area (Å²) in [6, 6.07) is 8.50. The molecule has 0 radical (unpaired) electrons. The number of hydrogen-bond acceptors (Lipinski definition) is 6. The zero-order valence-electron chi connectivity index (χ0n) is 15.1. The number of benzene rings is 1. The van der Waals surface area contributed by atoms with Crippen molar-refractivity contribution in [2.24, 2.45) is 10.4 Å². The third-order valence-electron chi connectivity index (χ3n) is 4.56. The third kappa shape index (κ3) is 5.11. The fourth-order valence-electron chi connectivity index (χ4n) is 3.00. The summed E-state index contributed by atoms with van der Waals surface area (Å²) in [5, 5.41) is 0. The Balaban J connectivity index is 2.31. The van der Waals surface area contributed by atoms with Crippen molar-refractivity contribution in [3.8, 4) is 0 Å². The average Bonchev–Trinajstić information content (AvgIpc) is 3.02. The van der Waals surface area contributed by atoms with Crippen LogP contribution in [-0.4, -0.2) is 35.5 Å². The topological polar surface area (TPSA) is 63.6 Å². The van der Waals surface area contributed by atoms with Gasteiger partial charge in [-0.3, -0.25) is 9.79 Å². The number of carbonyl (C=O) groups excluding carboxylic acids is 1. The minimum atomic E-state index is -3.60. The van der Waals surface area contributed by atoms with Crippen molar-refractivity contribution in [3.63, 3.8) is 0 Å². The quantitative estimate of drug-likeness (QED) is 0.670. The first kappa shape index (κ1) is 20.5. The van der Waals surface area contributed by atoms with Crippen LogP contribution >= 0.6 is 23.5 Å². The smallest absolute Gasteiger partial charge is 0.247 e. The Kier molecular flexibility index (Phi) is 6.79. The van der Waals surface area contributed by atoms with E-state index in [9.17, 15) is 13.2 Å². The molecule has 0 aromatic heterocycles. The standard InChI is InChI=1S/C18H25NO3S3/c1-13-10-11-15(19-13)18(2,3)12-16(24-17(20)23-4)25(21,22)14-8-6-5-7-9-14/h5-9,15-16H,10-12H2,1-4H3. The summed E-state index contributed by atoms with van der Waals surface area (Å²) in [6.07, 6.45) is 3.97. The zero-order valence-corrected chi connectivity index (χ0v) is 17.5. The fraction of sp³-hybridized carbons (Fsp3) is 0.556. The van der Waals surface area contributed by atoms with E-state index < -0.39 is 14.4 Å². The number of thioether (sulfide) groups is 2. The van der Waals surface area contributed by atoms with Crippen LogP contribution in [0, 0.1) is 5.41 Å². The van der Waals surface area contributed by atoms with Crippen molar-refractivity contribution >= 4 is 43.5 Å². The van der Waals surface area contributed by atoms with Crippen molar-refractivity contribution in [2.45, 2.75) is 55.6 Å². The molecule has 0 aliphatic carbocycles. The first-order chi connectivity index (χ1) is 11.7. The second kappa shape index (κ2) is 8.27. The summed E-state index contributed by atoms with van der Waals surface area (Å²) in [5.74, 6) is 0. The van der Waals surface area contributed by atoms with Crippen LogP contribution in [0.5, 0.6) is 0 Å². The second-order valence-corrected chi connectivity index (χ2v) is 11.6. The van der Waals surface area contributed by atoms with E-state index in [1.165, 1.54) is 0 Å². The van der Waals surface area contributed by atoms with Gasteiger partial charge in [0.05, 0.1) is 10.9 Å². The molecule has 0 saturated heterocycles. The highest BCUT2D eigenvalue weighted by Crippen LogP contribution is 2.41. The first-order valence-corrected chi connectivity index (χ1v) is 11.9. The molecule has 2 unspecified atom stereocenters. The molecule has 138 valence electrons. The molecule has 1 aliphatic heterocycles. The van der Waals surface area contributed by atoms with Crippen LogP contribution in [0.15, 0.2) is 40.2 Å². The lowest BCUT2D eigenvalue weighted by Crippen LogP contribution is -2.33. The van der Waals surface area contributed by atoms with Crippen molar-refractivity contribution in [1.82, 2.24) is 0 Å². The summed E-state index contributed by atoms with van der Waals surface area (Å²) < 4.78 is 25.3. The van der Waals surface area contributed by atoms with E-state index >= 15 is 0 Å². The molecule has 0 bridgehead atoms. The molecule has 0 N–H and O–H groups in total. The molecule has 7 heteroatoms. The van der Waals surface area contributed by atoms with Gasteiger partial charge >= 0.3 is 0 Å². The van der Waals surface area contributed by atoms with Gasteiger partial charge in [-0.2, -0.15) is 0 Å². The predicted molar refractivity (Wildman–Crippen MR) is 108 cm³/mol. The second-order valence-electron chi connectivity index (χ2n) is 6.97. The summed E-state index contributed by atoms with van der Waals surface area (Å²) in [4.78, 5) is 17.0. The molecule has 1 aromatic carbocycles. The van der Waals surface area contributed by atoms with Gasteiger partial charge in [0.2, 0.25) is 4.45 Å². The number of aliphatic imine (C=N–C) groups is 1. The minimum Gasteiger partial charge on any atom is -0.291 e. The Hall–Kier alpha value is -0.790. The van der Waals surface area contributed by atoms with Gasteiger partial charge in [0, 0.05) is 5.71 Å². The number of rotatable bonds is 6. The molecule has 2 rings (SSSR count). The van der Waals surface area contributed by atoms with Gasteiger partial charge in [0.1, 0.15) is 4.58 Å². The molecule has 0 amide bonds. The monoisotopic (exact) mass is 399 g/mol. The van der Waals surface area contributed by atoms with Gasteiger partial charge in [0.15, 0.2) is 9.84 Å². The van der Waals surface area contributed by atoms with Crippen LogP contribution < -0.4 is 0 Å². The Bertz CT molecular complexity index is 742. The molecule has 0 saturated carbocycles. The Labute approximate surface area is 159 Å². The predicted octanol–water partition coefficient (Wildman–Crippen LogP) is 5.04. The highest BCUT2D eigenvalue weighted by atomic mass is 32.3. The van der Waals surface area contributed by atoms with Gasteiger partial charge in [-0.05, 0) is 50.0 Å². The van der Waals surface area contributed by atoms with Crippen molar-refractivity contribution in [3.05, 3.63) is 30.3 Å². The molecule has 1 heterocycles. The van der Waals surface area contributed by atoms with Crippen molar-refractivity contribution in [1.29, 1.82) is 0 Å². The largest absolute Gasteiger partial charge is 0.291 e.